The van der Waals surface area contributed by atoms with E-state index in [9.17, 15) is 4.79 Å². The summed E-state index contributed by atoms with van der Waals surface area (Å²) in [7, 11) is 0. The Bertz CT molecular complexity index is 925. The molecular formula is C20H17ClN2O2. The van der Waals surface area contributed by atoms with Gasteiger partial charge >= 0.3 is 6.09 Å². The molecule has 0 atom stereocenters. The fourth-order valence-electron chi connectivity index (χ4n) is 2.66. The van der Waals surface area contributed by atoms with Gasteiger partial charge in [-0.05, 0) is 42.3 Å². The van der Waals surface area contributed by atoms with E-state index in [-0.39, 0.29) is 0 Å². The first kappa shape index (κ1) is 16.9. The van der Waals surface area contributed by atoms with E-state index >= 15 is 0 Å². The Hall–Kier alpha value is -2.98. The van der Waals surface area contributed by atoms with Gasteiger partial charge in [0.05, 0.1) is 16.4 Å². The van der Waals surface area contributed by atoms with E-state index in [0.717, 1.165) is 22.4 Å². The molecule has 0 unspecified atom stereocenters. The minimum Gasteiger partial charge on any atom is -0.465 e. The number of halogens is 1. The molecule has 3 aromatic carbocycles. The molecule has 0 spiro atoms. The number of carbonyl (C=O) groups is 1. The molecule has 5 heteroatoms. The highest BCUT2D eigenvalue weighted by Gasteiger charge is 2.09. The van der Waals surface area contributed by atoms with Crippen LogP contribution in [-0.2, 0) is 0 Å². The highest BCUT2D eigenvalue weighted by Crippen LogP contribution is 2.34. The van der Waals surface area contributed by atoms with Crippen molar-refractivity contribution in [3.05, 3.63) is 77.3 Å². The number of rotatable bonds is 4. The molecule has 3 rings (SSSR count). The molecule has 1 amide bonds. The van der Waals surface area contributed by atoms with Crippen LogP contribution >= 0.6 is 11.6 Å². The van der Waals surface area contributed by atoms with Crippen molar-refractivity contribution < 1.29 is 9.90 Å². The molecule has 0 aliphatic heterocycles. The summed E-state index contributed by atoms with van der Waals surface area (Å²) in [5.74, 6) is 0. The summed E-state index contributed by atoms with van der Waals surface area (Å²) in [6.45, 7) is 2.05. The molecule has 3 aromatic rings. The average Bonchev–Trinajstić information content (AvgIpc) is 2.57. The van der Waals surface area contributed by atoms with E-state index in [4.69, 9.17) is 16.7 Å². The molecular weight excluding hydrogens is 336 g/mol. The zero-order valence-electron chi connectivity index (χ0n) is 13.6. The average molecular weight is 353 g/mol. The Morgan fingerprint density at radius 1 is 0.920 bits per heavy atom. The largest absolute Gasteiger partial charge is 0.465 e. The Morgan fingerprint density at radius 2 is 1.60 bits per heavy atom. The predicted octanol–water partition coefficient (Wildman–Crippen LogP) is 6.15. The second-order valence-electron chi connectivity index (χ2n) is 5.61. The topological polar surface area (TPSA) is 61.4 Å². The Labute approximate surface area is 151 Å². The number of amides is 1. The lowest BCUT2D eigenvalue weighted by Gasteiger charge is -2.14. The highest BCUT2D eigenvalue weighted by molar-refractivity contribution is 6.33. The first-order valence-electron chi connectivity index (χ1n) is 7.76. The maximum atomic E-state index is 10.9. The van der Waals surface area contributed by atoms with E-state index < -0.39 is 6.09 Å². The standard InChI is InChI=1S/C20H17ClN2O2/c1-13-6-2-3-7-15(13)16-11-10-14(12-17(16)21)22-18-8-4-5-9-19(18)23-20(24)25/h2-12,22-23H,1H3,(H,24,25). The predicted molar refractivity (Wildman–Crippen MR) is 103 cm³/mol. The summed E-state index contributed by atoms with van der Waals surface area (Å²) < 4.78 is 0. The lowest BCUT2D eigenvalue weighted by Crippen LogP contribution is -2.09. The van der Waals surface area contributed by atoms with Crippen LogP contribution in [0.2, 0.25) is 5.02 Å². The van der Waals surface area contributed by atoms with E-state index in [0.29, 0.717) is 16.4 Å². The van der Waals surface area contributed by atoms with Crippen molar-refractivity contribution in [3.63, 3.8) is 0 Å². The summed E-state index contributed by atoms with van der Waals surface area (Å²) in [5, 5.41) is 15.1. The number of para-hydroxylation sites is 2. The van der Waals surface area contributed by atoms with Gasteiger partial charge in [-0.3, -0.25) is 5.32 Å². The van der Waals surface area contributed by atoms with Crippen molar-refractivity contribution in [1.82, 2.24) is 0 Å². The molecule has 0 aliphatic carbocycles. The lowest BCUT2D eigenvalue weighted by atomic mass is 10.0. The number of aryl methyl sites for hydroxylation is 1. The van der Waals surface area contributed by atoms with Crippen molar-refractivity contribution >= 4 is 34.8 Å². The second kappa shape index (κ2) is 7.28. The summed E-state index contributed by atoms with van der Waals surface area (Å²) in [6.07, 6.45) is -1.11. The molecule has 0 radical (unpaired) electrons. The third kappa shape index (κ3) is 3.92. The second-order valence-corrected chi connectivity index (χ2v) is 6.02. The van der Waals surface area contributed by atoms with Crippen LogP contribution in [0.15, 0.2) is 66.7 Å². The van der Waals surface area contributed by atoms with Crippen LogP contribution in [0.1, 0.15) is 5.56 Å². The third-order valence-corrected chi connectivity index (χ3v) is 4.16. The van der Waals surface area contributed by atoms with Gasteiger partial charge < -0.3 is 10.4 Å². The number of hydrogen-bond acceptors (Lipinski definition) is 2. The van der Waals surface area contributed by atoms with Crippen molar-refractivity contribution in [2.75, 3.05) is 10.6 Å². The SMILES string of the molecule is Cc1ccccc1-c1ccc(Nc2ccccc2NC(=O)O)cc1Cl. The summed E-state index contributed by atoms with van der Waals surface area (Å²) in [4.78, 5) is 10.9. The molecule has 0 aromatic heterocycles. The van der Waals surface area contributed by atoms with Gasteiger partial charge in [0, 0.05) is 11.3 Å². The van der Waals surface area contributed by atoms with E-state index in [1.54, 1.807) is 18.2 Å². The number of hydrogen-bond donors (Lipinski definition) is 3. The zero-order chi connectivity index (χ0) is 17.8. The van der Waals surface area contributed by atoms with Gasteiger partial charge in [-0.25, -0.2) is 4.79 Å². The normalized spacial score (nSPS) is 10.3. The van der Waals surface area contributed by atoms with Crippen LogP contribution in [0.4, 0.5) is 21.9 Å². The first-order valence-corrected chi connectivity index (χ1v) is 8.14. The quantitative estimate of drug-likeness (QED) is 0.527. The molecule has 4 nitrogen and oxygen atoms in total. The van der Waals surface area contributed by atoms with Gasteiger partial charge in [-0.15, -0.1) is 0 Å². The van der Waals surface area contributed by atoms with Gasteiger partial charge in [0.1, 0.15) is 0 Å². The summed E-state index contributed by atoms with van der Waals surface area (Å²) in [5.41, 5.74) is 5.12. The fraction of sp³-hybridized carbons (Fsp3) is 0.0500. The van der Waals surface area contributed by atoms with Crippen LogP contribution < -0.4 is 10.6 Å². The zero-order valence-corrected chi connectivity index (χ0v) is 14.3. The molecule has 0 saturated heterocycles. The van der Waals surface area contributed by atoms with E-state index in [1.807, 2.05) is 55.5 Å². The Balaban J connectivity index is 1.90. The van der Waals surface area contributed by atoms with E-state index in [2.05, 4.69) is 10.6 Å². The molecule has 0 aliphatic rings. The Kier molecular flexibility index (Phi) is 4.91. The molecule has 0 heterocycles. The van der Waals surface area contributed by atoms with Gasteiger partial charge in [0.2, 0.25) is 0 Å². The maximum absolute atomic E-state index is 10.9. The van der Waals surface area contributed by atoms with Crippen LogP contribution in [0.3, 0.4) is 0 Å². The fourth-order valence-corrected chi connectivity index (χ4v) is 2.94. The molecule has 126 valence electrons. The number of nitrogens with one attached hydrogen (secondary N) is 2. The van der Waals surface area contributed by atoms with Crippen molar-refractivity contribution in [3.8, 4) is 11.1 Å². The van der Waals surface area contributed by atoms with Gasteiger partial charge in [0.15, 0.2) is 0 Å². The monoisotopic (exact) mass is 352 g/mol. The molecule has 3 N–H and O–H groups in total. The summed E-state index contributed by atoms with van der Waals surface area (Å²) >= 11 is 6.48. The lowest BCUT2D eigenvalue weighted by molar-refractivity contribution is 0.210. The minimum absolute atomic E-state index is 0.481. The van der Waals surface area contributed by atoms with Gasteiger partial charge in [0.25, 0.3) is 0 Å². The molecule has 0 saturated carbocycles. The summed E-state index contributed by atoms with van der Waals surface area (Å²) in [6, 6.07) is 20.9. The third-order valence-electron chi connectivity index (χ3n) is 3.85. The van der Waals surface area contributed by atoms with Crippen molar-refractivity contribution in [2.24, 2.45) is 0 Å². The maximum Gasteiger partial charge on any atom is 0.409 e. The Morgan fingerprint density at radius 3 is 2.28 bits per heavy atom. The first-order chi connectivity index (χ1) is 12.0. The highest BCUT2D eigenvalue weighted by atomic mass is 35.5. The van der Waals surface area contributed by atoms with Crippen molar-refractivity contribution in [1.29, 1.82) is 0 Å². The van der Waals surface area contributed by atoms with Crippen molar-refractivity contribution in [2.45, 2.75) is 6.92 Å². The number of anilines is 3. The number of carboxylic acid groups (broad SMARTS) is 1. The molecule has 0 fully saturated rings. The smallest absolute Gasteiger partial charge is 0.409 e. The van der Waals surface area contributed by atoms with Crippen LogP contribution in [0.25, 0.3) is 11.1 Å². The van der Waals surface area contributed by atoms with E-state index in [1.165, 1.54) is 0 Å². The molecule has 0 bridgehead atoms. The van der Waals surface area contributed by atoms with Crippen LogP contribution in [-0.4, -0.2) is 11.2 Å². The van der Waals surface area contributed by atoms with Gasteiger partial charge in [-0.1, -0.05) is 54.1 Å². The molecule has 25 heavy (non-hydrogen) atoms. The van der Waals surface area contributed by atoms with Crippen LogP contribution in [0.5, 0.6) is 0 Å². The minimum atomic E-state index is -1.11. The van der Waals surface area contributed by atoms with Crippen LogP contribution in [0, 0.1) is 6.92 Å². The van der Waals surface area contributed by atoms with Gasteiger partial charge in [-0.2, -0.15) is 0 Å². The number of benzene rings is 3.